The van der Waals surface area contributed by atoms with Gasteiger partial charge in [0.1, 0.15) is 0 Å². The molecule has 1 heterocycles. The second-order valence-corrected chi connectivity index (χ2v) is 4.03. The van der Waals surface area contributed by atoms with E-state index in [0.717, 1.165) is 19.5 Å². The quantitative estimate of drug-likeness (QED) is 0.540. The van der Waals surface area contributed by atoms with Crippen LogP contribution in [0.25, 0.3) is 0 Å². The molecular weight excluding hydrogens is 126 g/mol. The van der Waals surface area contributed by atoms with Crippen LogP contribution in [0.1, 0.15) is 20.3 Å². The van der Waals surface area contributed by atoms with Crippen LogP contribution in [0, 0.1) is 5.41 Å². The van der Waals surface area contributed by atoms with Crippen LogP contribution in [0.3, 0.4) is 0 Å². The van der Waals surface area contributed by atoms with Crippen molar-refractivity contribution in [1.82, 2.24) is 4.90 Å². The number of rotatable bonds is 0. The minimum atomic E-state index is -0.108. The molecule has 0 aromatic heterocycles. The van der Waals surface area contributed by atoms with Gasteiger partial charge in [-0.25, -0.2) is 0 Å². The molecule has 2 nitrogen and oxygen atoms in total. The van der Waals surface area contributed by atoms with Crippen molar-refractivity contribution in [2.45, 2.75) is 26.4 Å². The first-order chi connectivity index (χ1) is 4.52. The van der Waals surface area contributed by atoms with Crippen LogP contribution in [0.2, 0.25) is 0 Å². The lowest BCUT2D eigenvalue weighted by Gasteiger charge is -2.40. The topological polar surface area (TPSA) is 23.5 Å². The van der Waals surface area contributed by atoms with E-state index in [1.807, 2.05) is 0 Å². The van der Waals surface area contributed by atoms with Gasteiger partial charge in [0.05, 0.1) is 6.10 Å². The summed E-state index contributed by atoms with van der Waals surface area (Å²) in [5, 5.41) is 9.53. The van der Waals surface area contributed by atoms with Crippen molar-refractivity contribution in [3.8, 4) is 0 Å². The molecular formula is C8H17NO. The van der Waals surface area contributed by atoms with Crippen LogP contribution >= 0.6 is 0 Å². The Morgan fingerprint density at radius 2 is 2.10 bits per heavy atom. The summed E-state index contributed by atoms with van der Waals surface area (Å²) >= 11 is 0. The Morgan fingerprint density at radius 3 is 2.50 bits per heavy atom. The minimum absolute atomic E-state index is 0.0903. The van der Waals surface area contributed by atoms with Crippen molar-refractivity contribution < 1.29 is 5.11 Å². The first-order valence-electron chi connectivity index (χ1n) is 3.89. The number of piperidine rings is 1. The second-order valence-electron chi connectivity index (χ2n) is 4.03. The van der Waals surface area contributed by atoms with Crippen molar-refractivity contribution in [3.05, 3.63) is 0 Å². The molecule has 0 aromatic carbocycles. The van der Waals surface area contributed by atoms with E-state index < -0.39 is 0 Å². The van der Waals surface area contributed by atoms with Gasteiger partial charge in [-0.1, -0.05) is 13.8 Å². The summed E-state index contributed by atoms with van der Waals surface area (Å²) in [6, 6.07) is 0. The summed E-state index contributed by atoms with van der Waals surface area (Å²) in [5.41, 5.74) is 0.0903. The van der Waals surface area contributed by atoms with Crippen molar-refractivity contribution in [3.63, 3.8) is 0 Å². The van der Waals surface area contributed by atoms with Gasteiger partial charge in [0.25, 0.3) is 0 Å². The number of likely N-dealkylation sites (tertiary alicyclic amines) is 1. The third-order valence-electron chi connectivity index (χ3n) is 2.36. The third-order valence-corrected chi connectivity index (χ3v) is 2.36. The van der Waals surface area contributed by atoms with Crippen LogP contribution in [0.5, 0.6) is 0 Å². The van der Waals surface area contributed by atoms with Crippen LogP contribution in [0.4, 0.5) is 0 Å². The molecule has 1 rings (SSSR count). The molecule has 1 fully saturated rings. The minimum Gasteiger partial charge on any atom is -0.392 e. The molecule has 1 unspecified atom stereocenters. The van der Waals surface area contributed by atoms with Gasteiger partial charge >= 0.3 is 0 Å². The van der Waals surface area contributed by atoms with Gasteiger partial charge in [-0.3, -0.25) is 0 Å². The molecule has 1 atom stereocenters. The van der Waals surface area contributed by atoms with E-state index in [0.29, 0.717) is 0 Å². The fourth-order valence-corrected chi connectivity index (χ4v) is 1.61. The lowest BCUT2D eigenvalue weighted by molar-refractivity contribution is -0.0162. The normalized spacial score (nSPS) is 34.2. The summed E-state index contributed by atoms with van der Waals surface area (Å²) in [6.07, 6.45) is 0.812. The summed E-state index contributed by atoms with van der Waals surface area (Å²) in [4.78, 5) is 2.27. The van der Waals surface area contributed by atoms with Crippen LogP contribution in [-0.2, 0) is 0 Å². The fourth-order valence-electron chi connectivity index (χ4n) is 1.61. The fraction of sp³-hybridized carbons (Fsp3) is 1.00. The van der Waals surface area contributed by atoms with Crippen LogP contribution < -0.4 is 0 Å². The predicted molar refractivity (Wildman–Crippen MR) is 41.9 cm³/mol. The first-order valence-corrected chi connectivity index (χ1v) is 3.89. The molecule has 2 heteroatoms. The monoisotopic (exact) mass is 143 g/mol. The summed E-state index contributed by atoms with van der Waals surface area (Å²) < 4.78 is 0. The van der Waals surface area contributed by atoms with Gasteiger partial charge in [-0.2, -0.15) is 0 Å². The lowest BCUT2D eigenvalue weighted by atomic mass is 9.81. The van der Waals surface area contributed by atoms with E-state index >= 15 is 0 Å². The molecule has 1 aliphatic rings. The molecule has 0 bridgehead atoms. The zero-order chi connectivity index (χ0) is 7.78. The molecule has 0 aliphatic carbocycles. The van der Waals surface area contributed by atoms with Crippen molar-refractivity contribution in [2.24, 2.45) is 5.41 Å². The molecule has 0 spiro atoms. The highest BCUT2D eigenvalue weighted by Crippen LogP contribution is 2.27. The Kier molecular flexibility index (Phi) is 2.02. The number of aliphatic hydroxyl groups is 1. The van der Waals surface area contributed by atoms with E-state index in [4.69, 9.17) is 0 Å². The summed E-state index contributed by atoms with van der Waals surface area (Å²) in [5.74, 6) is 0. The Labute approximate surface area is 62.8 Å². The largest absolute Gasteiger partial charge is 0.392 e. The van der Waals surface area contributed by atoms with Crippen LogP contribution in [0.15, 0.2) is 0 Å². The van der Waals surface area contributed by atoms with Crippen molar-refractivity contribution >= 4 is 0 Å². The Balaban J connectivity index is 2.55. The average Bonchev–Trinajstić information content (AvgIpc) is 1.78. The smallest absolute Gasteiger partial charge is 0.0615 e. The number of hydrogen-bond acceptors (Lipinski definition) is 2. The average molecular weight is 143 g/mol. The third kappa shape index (κ3) is 1.50. The SMILES string of the molecule is CN1CCC(O)C(C)(C)C1. The number of nitrogens with zero attached hydrogens (tertiary/aromatic N) is 1. The molecule has 10 heavy (non-hydrogen) atoms. The first kappa shape index (κ1) is 8.02. The zero-order valence-corrected chi connectivity index (χ0v) is 7.09. The molecule has 60 valence electrons. The van der Waals surface area contributed by atoms with Gasteiger partial charge in [-0.05, 0) is 13.5 Å². The van der Waals surface area contributed by atoms with Gasteiger partial charge < -0.3 is 10.0 Å². The molecule has 1 N–H and O–H groups in total. The van der Waals surface area contributed by atoms with E-state index in [2.05, 4.69) is 25.8 Å². The van der Waals surface area contributed by atoms with Crippen LogP contribution in [-0.4, -0.2) is 36.2 Å². The highest BCUT2D eigenvalue weighted by molar-refractivity contribution is 4.85. The van der Waals surface area contributed by atoms with E-state index in [9.17, 15) is 5.11 Å². The van der Waals surface area contributed by atoms with E-state index in [-0.39, 0.29) is 11.5 Å². The summed E-state index contributed by atoms with van der Waals surface area (Å²) in [6.45, 7) is 6.28. The highest BCUT2D eigenvalue weighted by Gasteiger charge is 2.32. The zero-order valence-electron chi connectivity index (χ0n) is 7.09. The Morgan fingerprint density at radius 1 is 1.50 bits per heavy atom. The lowest BCUT2D eigenvalue weighted by Crippen LogP contribution is -2.46. The van der Waals surface area contributed by atoms with Crippen molar-refractivity contribution in [2.75, 3.05) is 20.1 Å². The molecule has 1 aliphatic heterocycles. The number of hydrogen-bond donors (Lipinski definition) is 1. The highest BCUT2D eigenvalue weighted by atomic mass is 16.3. The maximum atomic E-state index is 9.53. The molecule has 0 radical (unpaired) electrons. The van der Waals surface area contributed by atoms with E-state index in [1.54, 1.807) is 0 Å². The second kappa shape index (κ2) is 2.51. The van der Waals surface area contributed by atoms with Gasteiger partial charge in [-0.15, -0.1) is 0 Å². The Bertz CT molecular complexity index is 122. The predicted octanol–water partition coefficient (Wildman–Crippen LogP) is 0.709. The molecule has 1 saturated heterocycles. The number of aliphatic hydroxyl groups excluding tert-OH is 1. The van der Waals surface area contributed by atoms with Gasteiger partial charge in [0.2, 0.25) is 0 Å². The molecule has 0 aromatic rings. The summed E-state index contributed by atoms with van der Waals surface area (Å²) in [7, 11) is 2.10. The Hall–Kier alpha value is -0.0800. The van der Waals surface area contributed by atoms with Crippen molar-refractivity contribution in [1.29, 1.82) is 0 Å². The van der Waals surface area contributed by atoms with E-state index in [1.165, 1.54) is 0 Å². The molecule has 0 amide bonds. The molecule has 0 saturated carbocycles. The maximum Gasteiger partial charge on any atom is 0.0615 e. The maximum absolute atomic E-state index is 9.53. The standard InChI is InChI=1S/C8H17NO/c1-8(2)6-9(3)5-4-7(8)10/h7,10H,4-6H2,1-3H3. The van der Waals surface area contributed by atoms with Gasteiger partial charge in [0.15, 0.2) is 0 Å². The van der Waals surface area contributed by atoms with Gasteiger partial charge in [0, 0.05) is 18.5 Å².